The minimum Gasteiger partial charge on any atom is -0.285 e. The van der Waals surface area contributed by atoms with Crippen LogP contribution in [-0.4, -0.2) is 21.5 Å². The minimum atomic E-state index is -0.771. The van der Waals surface area contributed by atoms with Crippen molar-refractivity contribution in [2.24, 2.45) is 0 Å². The van der Waals surface area contributed by atoms with Crippen molar-refractivity contribution in [3.63, 3.8) is 0 Å². The number of benzene rings is 9. The van der Waals surface area contributed by atoms with Gasteiger partial charge in [-0.3, -0.25) is 9.59 Å². The van der Waals surface area contributed by atoms with Crippen LogP contribution < -0.4 is 0 Å². The van der Waals surface area contributed by atoms with Crippen molar-refractivity contribution in [3.8, 4) is 44.8 Å². The lowest BCUT2D eigenvalue weighted by Gasteiger charge is -2.35. The zero-order chi connectivity index (χ0) is 46.1. The number of ketones is 2. The van der Waals surface area contributed by atoms with E-state index in [2.05, 4.69) is 173 Å². The Labute approximate surface area is 425 Å². The maximum atomic E-state index is 13.4. The summed E-state index contributed by atoms with van der Waals surface area (Å²) in [7, 11) is 0. The van der Waals surface area contributed by atoms with Gasteiger partial charge in [0, 0.05) is 40.1 Å². The molecule has 10 aromatic rings. The van der Waals surface area contributed by atoms with Gasteiger partial charge in [-0.05, 0) is 140 Å². The fraction of sp³-hybridized carbons (Fsp3) is 0.0333. The van der Waals surface area contributed by atoms with Crippen LogP contribution in [0.5, 0.6) is 0 Å². The summed E-state index contributed by atoms with van der Waals surface area (Å²) in [4.78, 5) is 37.3. The predicted molar refractivity (Wildman–Crippen MR) is 284 cm³/mol. The third-order valence-corrected chi connectivity index (χ3v) is 16.2. The molecule has 0 unspecified atom stereocenters. The monoisotopic (exact) mass is 1130 g/mol. The Morgan fingerprint density at radius 2 is 0.544 bits per heavy atom. The summed E-state index contributed by atoms with van der Waals surface area (Å²) < 4.78 is 3.82. The van der Waals surface area contributed by atoms with E-state index in [1.807, 2.05) is 72.8 Å². The number of fused-ring (bicyclic) bond motifs is 22. The van der Waals surface area contributed by atoms with Gasteiger partial charge in [-0.2, -0.15) is 0 Å². The van der Waals surface area contributed by atoms with Gasteiger partial charge < -0.3 is 0 Å². The second-order valence-electron chi connectivity index (χ2n) is 17.5. The van der Waals surface area contributed by atoms with Crippen molar-refractivity contribution in [2.75, 3.05) is 0 Å². The van der Waals surface area contributed by atoms with Crippen molar-refractivity contribution in [1.29, 1.82) is 0 Å². The molecule has 1 heterocycles. The van der Waals surface area contributed by atoms with Crippen LogP contribution in [0.25, 0.3) is 55.8 Å². The zero-order valence-corrected chi connectivity index (χ0v) is 42.0. The standard InChI is InChI=1S/C33H18Br2N2.C27H14Br2O2/c34-19-13-15-23-27(17-19)33(25-9-3-1-7-21(25)22-8-2-4-10-26(22)33)28-18-20(35)14-16-24(28)32-31(23)36-29-11-5-6-12-30(29)37-32;28-15-9-11-19-23(13-15)27(24-14-16(29)10-12-20(24)26(31)25(19)30)21-7-3-1-5-17(21)18-6-2-4-8-22(18)27/h1-18H;1-14H. The highest BCUT2D eigenvalue weighted by Gasteiger charge is 2.53. The summed E-state index contributed by atoms with van der Waals surface area (Å²) in [5, 5.41) is 0. The van der Waals surface area contributed by atoms with Crippen LogP contribution in [0.15, 0.2) is 212 Å². The highest BCUT2D eigenvalue weighted by Crippen LogP contribution is 2.62. The highest BCUT2D eigenvalue weighted by molar-refractivity contribution is 9.11. The molecule has 1 aromatic heterocycles. The molecule has 322 valence electrons. The molecule has 0 saturated heterocycles. The Morgan fingerprint density at radius 1 is 0.279 bits per heavy atom. The van der Waals surface area contributed by atoms with Gasteiger partial charge in [-0.1, -0.05) is 185 Å². The molecule has 0 aliphatic heterocycles. The first-order valence-electron chi connectivity index (χ1n) is 22.1. The molecule has 9 aromatic carbocycles. The number of carbonyl (C=O) groups is 2. The topological polar surface area (TPSA) is 59.9 Å². The van der Waals surface area contributed by atoms with Crippen LogP contribution in [0.1, 0.15) is 65.2 Å². The lowest BCUT2D eigenvalue weighted by atomic mass is 9.66. The van der Waals surface area contributed by atoms with Gasteiger partial charge in [0.05, 0.1) is 33.3 Å². The molecule has 0 saturated carbocycles. The van der Waals surface area contributed by atoms with Gasteiger partial charge in [0.2, 0.25) is 11.6 Å². The van der Waals surface area contributed by atoms with E-state index in [1.54, 1.807) is 12.1 Å². The molecular weight excluding hydrogens is 1100 g/mol. The Hall–Kier alpha value is -6.42. The fourth-order valence-electron chi connectivity index (χ4n) is 11.7. The van der Waals surface area contributed by atoms with Gasteiger partial charge in [0.15, 0.2) is 0 Å². The number of nitrogens with zero attached hydrogens (tertiary/aromatic N) is 2. The van der Waals surface area contributed by atoms with Crippen molar-refractivity contribution in [3.05, 3.63) is 268 Å². The van der Waals surface area contributed by atoms with Crippen LogP contribution in [0, 0.1) is 0 Å². The minimum absolute atomic E-state index is 0.451. The van der Waals surface area contributed by atoms with Crippen LogP contribution in [0.2, 0.25) is 0 Å². The van der Waals surface area contributed by atoms with Gasteiger partial charge in [-0.15, -0.1) is 0 Å². The second-order valence-corrected chi connectivity index (χ2v) is 21.2. The molecule has 0 atom stereocenters. The third kappa shape index (κ3) is 5.75. The van der Waals surface area contributed by atoms with Crippen molar-refractivity contribution in [1.82, 2.24) is 9.97 Å². The molecule has 4 aliphatic rings. The van der Waals surface area contributed by atoms with E-state index >= 15 is 0 Å². The van der Waals surface area contributed by atoms with Gasteiger partial charge in [-0.25, -0.2) is 9.97 Å². The first kappa shape index (κ1) is 41.7. The molecular formula is C60H32Br4N2O2. The number of carbonyl (C=O) groups excluding carboxylic acids is 2. The maximum absolute atomic E-state index is 13.4. The van der Waals surface area contributed by atoms with E-state index in [0.29, 0.717) is 11.1 Å². The van der Waals surface area contributed by atoms with E-state index in [9.17, 15) is 9.59 Å². The molecule has 8 heteroatoms. The van der Waals surface area contributed by atoms with Crippen LogP contribution in [-0.2, 0) is 10.8 Å². The lowest BCUT2D eigenvalue weighted by molar-refractivity contribution is 0.0817. The zero-order valence-electron chi connectivity index (χ0n) is 35.7. The van der Waals surface area contributed by atoms with Gasteiger partial charge >= 0.3 is 0 Å². The van der Waals surface area contributed by atoms with Gasteiger partial charge in [0.25, 0.3) is 0 Å². The molecule has 0 fully saturated rings. The summed E-state index contributed by atoms with van der Waals surface area (Å²) >= 11 is 14.9. The molecule has 0 amide bonds. The summed E-state index contributed by atoms with van der Waals surface area (Å²) in [6.07, 6.45) is 0. The summed E-state index contributed by atoms with van der Waals surface area (Å²) in [5.74, 6) is -0.936. The number of aromatic nitrogens is 2. The number of Topliss-reactive ketones (excluding diaryl/α,β-unsaturated/α-hetero) is 2. The van der Waals surface area contributed by atoms with Crippen LogP contribution in [0.3, 0.4) is 0 Å². The van der Waals surface area contributed by atoms with E-state index in [1.165, 1.54) is 33.4 Å². The van der Waals surface area contributed by atoms with E-state index in [-0.39, 0.29) is 0 Å². The first-order valence-corrected chi connectivity index (χ1v) is 25.3. The fourth-order valence-corrected chi connectivity index (χ4v) is 13.1. The average Bonchev–Trinajstić information content (AvgIpc) is 3.78. The largest absolute Gasteiger partial charge is 0.285 e. The SMILES string of the molecule is Brc1ccc2c(c1)C1(c3ccccc3-c3ccccc31)c1cc(Br)ccc1-c1nc3ccccc3nc1-2.O=C1C(=O)c2ccc(Br)cc2C2(c3cc(Br)ccc31)c1ccccc1-c1ccccc12. The summed E-state index contributed by atoms with van der Waals surface area (Å²) in [6, 6.07) is 66.8. The van der Waals surface area contributed by atoms with Crippen molar-refractivity contribution in [2.45, 2.75) is 10.8 Å². The maximum Gasteiger partial charge on any atom is 0.233 e. The molecule has 0 N–H and O–H groups in total. The van der Waals surface area contributed by atoms with Crippen molar-refractivity contribution >= 4 is 86.3 Å². The van der Waals surface area contributed by atoms with Crippen LogP contribution >= 0.6 is 63.7 Å². The average molecular weight is 1130 g/mol. The number of rotatable bonds is 0. The number of hydrogen-bond donors (Lipinski definition) is 0. The normalized spacial score (nSPS) is 14.5. The number of halogens is 4. The first-order chi connectivity index (χ1) is 33.2. The van der Waals surface area contributed by atoms with E-state index < -0.39 is 22.4 Å². The van der Waals surface area contributed by atoms with Crippen LogP contribution in [0.4, 0.5) is 0 Å². The Morgan fingerprint density at radius 3 is 0.868 bits per heavy atom. The number of para-hydroxylation sites is 2. The summed E-state index contributed by atoms with van der Waals surface area (Å²) in [6.45, 7) is 0. The molecule has 0 bridgehead atoms. The quantitative estimate of drug-likeness (QED) is 0.142. The predicted octanol–water partition coefficient (Wildman–Crippen LogP) is 16.1. The van der Waals surface area contributed by atoms with E-state index in [4.69, 9.17) is 9.97 Å². The third-order valence-electron chi connectivity index (χ3n) is 14.2. The Kier molecular flexibility index (Phi) is 9.55. The Bertz CT molecular complexity index is 3630. The number of hydrogen-bond acceptors (Lipinski definition) is 4. The molecule has 68 heavy (non-hydrogen) atoms. The molecule has 4 nitrogen and oxygen atoms in total. The lowest BCUT2D eigenvalue weighted by Crippen LogP contribution is -2.30. The van der Waals surface area contributed by atoms with E-state index in [0.717, 1.165) is 84.8 Å². The summed E-state index contributed by atoms with van der Waals surface area (Å²) in [5.41, 5.74) is 19.0. The van der Waals surface area contributed by atoms with Gasteiger partial charge in [0.1, 0.15) is 0 Å². The molecule has 14 rings (SSSR count). The molecule has 0 radical (unpaired) electrons. The highest BCUT2D eigenvalue weighted by atomic mass is 79.9. The smallest absolute Gasteiger partial charge is 0.233 e. The van der Waals surface area contributed by atoms with Crippen molar-refractivity contribution < 1.29 is 9.59 Å². The Balaban J connectivity index is 0.000000137. The molecule has 2 spiro atoms. The molecule has 4 aliphatic carbocycles. The second kappa shape index (κ2) is 15.6.